The summed E-state index contributed by atoms with van der Waals surface area (Å²) in [5.74, 6) is -0.442. The van der Waals surface area contributed by atoms with E-state index in [1.165, 1.54) is 13.3 Å². The van der Waals surface area contributed by atoms with E-state index >= 15 is 0 Å². The van der Waals surface area contributed by atoms with Gasteiger partial charge in [-0.2, -0.15) is 0 Å². The number of anilines is 1. The number of hydrogen-bond donors (Lipinski definition) is 2. The molecular weight excluding hydrogens is 620 g/mol. The van der Waals surface area contributed by atoms with E-state index in [9.17, 15) is 19.5 Å². The minimum Gasteiger partial charge on any atom is -0.497 e. The number of ketones is 1. The lowest BCUT2D eigenvalue weighted by Gasteiger charge is -2.25. The van der Waals surface area contributed by atoms with Crippen molar-refractivity contribution in [3.05, 3.63) is 56.3 Å². The molecule has 11 nitrogen and oxygen atoms in total. The van der Waals surface area contributed by atoms with Gasteiger partial charge in [0.1, 0.15) is 33.6 Å². The second-order valence-corrected chi connectivity index (χ2v) is 11.9. The van der Waals surface area contributed by atoms with Crippen LogP contribution in [0.15, 0.2) is 34.4 Å². The Labute approximate surface area is 251 Å². The van der Waals surface area contributed by atoms with Crippen LogP contribution in [0.25, 0.3) is 0 Å². The highest BCUT2D eigenvalue weighted by Crippen LogP contribution is 2.39. The number of fused-ring (bicyclic) bond motifs is 1. The fraction of sp³-hybridized carbons (Fsp3) is 0.429. The van der Waals surface area contributed by atoms with Crippen molar-refractivity contribution >= 4 is 51.2 Å². The standard InChI is InChI=1S/C28H32BrClN4O7/c1-28(2,3)41-27(38)31-16-8-9-34(12-16)25-22(29)18-13-33(11-15-6-7-17(39-4)10-20(15)40-5)14-19(26(36)37)23(35)21(18)24(30)32-25/h6-7,10,14,16H,8-9,11-13H2,1-5H3,(H,31,38)(H,36,37). The summed E-state index contributed by atoms with van der Waals surface area (Å²) in [5.41, 5.74) is 0.255. The predicted octanol–water partition coefficient (Wildman–Crippen LogP) is 4.79. The number of pyridine rings is 1. The number of rotatable bonds is 7. The Balaban J connectivity index is 1.66. The summed E-state index contributed by atoms with van der Waals surface area (Å²) in [5, 5.41) is 12.7. The summed E-state index contributed by atoms with van der Waals surface area (Å²) in [6.07, 6.45) is 1.47. The van der Waals surface area contributed by atoms with Gasteiger partial charge in [-0.1, -0.05) is 11.6 Å². The van der Waals surface area contributed by atoms with Crippen LogP contribution in [-0.4, -0.2) is 71.8 Å². The number of halogens is 2. The molecule has 1 aromatic heterocycles. The van der Waals surface area contributed by atoms with E-state index in [1.54, 1.807) is 44.9 Å². The number of alkyl carbamates (subject to hydrolysis) is 1. The van der Waals surface area contributed by atoms with Crippen molar-refractivity contribution in [2.24, 2.45) is 0 Å². The number of methoxy groups -OCH3 is 2. The molecule has 1 amide bonds. The molecule has 0 aliphatic carbocycles. The number of aliphatic carboxylic acids is 1. The third-order valence-corrected chi connectivity index (χ3v) is 7.73. The quantitative estimate of drug-likeness (QED) is 0.319. The maximum absolute atomic E-state index is 13.4. The lowest BCUT2D eigenvalue weighted by Crippen LogP contribution is -2.40. The van der Waals surface area contributed by atoms with E-state index < -0.39 is 29.0 Å². The molecule has 2 N–H and O–H groups in total. The summed E-state index contributed by atoms with van der Waals surface area (Å²) in [4.78, 5) is 46.0. The zero-order chi connectivity index (χ0) is 30.1. The van der Waals surface area contributed by atoms with Gasteiger partial charge in [0.15, 0.2) is 0 Å². The lowest BCUT2D eigenvalue weighted by molar-refractivity contribution is -0.132. The predicted molar refractivity (Wildman–Crippen MR) is 156 cm³/mol. The molecule has 1 fully saturated rings. The molecule has 1 aromatic carbocycles. The number of carboxylic acid groups (broad SMARTS) is 1. The second kappa shape index (κ2) is 12.2. The second-order valence-electron chi connectivity index (χ2n) is 10.7. The van der Waals surface area contributed by atoms with Crippen LogP contribution in [-0.2, 0) is 22.6 Å². The molecule has 0 saturated carbocycles. The van der Waals surface area contributed by atoms with Crippen molar-refractivity contribution < 1.29 is 33.7 Å². The number of Topliss-reactive ketones (excluding diaryl/α,β-unsaturated/α-hetero) is 1. The van der Waals surface area contributed by atoms with Crippen LogP contribution in [0.3, 0.4) is 0 Å². The average molecular weight is 652 g/mol. The molecule has 1 unspecified atom stereocenters. The largest absolute Gasteiger partial charge is 0.497 e. The van der Waals surface area contributed by atoms with E-state index in [4.69, 9.17) is 25.8 Å². The van der Waals surface area contributed by atoms with Crippen LogP contribution in [0.2, 0.25) is 5.15 Å². The van der Waals surface area contributed by atoms with Gasteiger partial charge in [0.25, 0.3) is 0 Å². The van der Waals surface area contributed by atoms with Gasteiger partial charge >= 0.3 is 12.1 Å². The minimum atomic E-state index is -1.37. The van der Waals surface area contributed by atoms with E-state index in [1.807, 2.05) is 11.0 Å². The normalized spacial score (nSPS) is 17.0. The Morgan fingerprint density at radius 2 is 1.98 bits per heavy atom. The van der Waals surface area contributed by atoms with Crippen molar-refractivity contribution in [3.8, 4) is 11.5 Å². The summed E-state index contributed by atoms with van der Waals surface area (Å²) in [6.45, 7) is 6.81. The Morgan fingerprint density at radius 1 is 1.24 bits per heavy atom. The molecule has 2 aliphatic heterocycles. The first kappa shape index (κ1) is 30.4. The summed E-state index contributed by atoms with van der Waals surface area (Å²) in [7, 11) is 3.09. The number of benzene rings is 1. The zero-order valence-electron chi connectivity index (χ0n) is 23.4. The van der Waals surface area contributed by atoms with Gasteiger partial charge in [0.2, 0.25) is 5.78 Å². The van der Waals surface area contributed by atoms with Crippen molar-refractivity contribution in [2.75, 3.05) is 32.2 Å². The Bertz CT molecular complexity index is 1410. The number of ether oxygens (including phenoxy) is 3. The van der Waals surface area contributed by atoms with Gasteiger partial charge < -0.3 is 34.4 Å². The Hall–Kier alpha value is -3.51. The van der Waals surface area contributed by atoms with E-state index in [0.717, 1.165) is 5.56 Å². The fourth-order valence-electron chi connectivity index (χ4n) is 4.78. The number of nitrogens with one attached hydrogen (secondary N) is 1. The van der Waals surface area contributed by atoms with Crippen LogP contribution in [0.5, 0.6) is 11.5 Å². The average Bonchev–Trinajstić information content (AvgIpc) is 3.29. The van der Waals surface area contributed by atoms with Crippen LogP contribution in [0.1, 0.15) is 48.7 Å². The Morgan fingerprint density at radius 3 is 2.61 bits per heavy atom. The number of aromatic nitrogens is 1. The third-order valence-electron chi connectivity index (χ3n) is 6.62. The van der Waals surface area contributed by atoms with Gasteiger partial charge in [-0.05, 0) is 55.3 Å². The van der Waals surface area contributed by atoms with Gasteiger partial charge in [0.05, 0.1) is 30.3 Å². The minimum absolute atomic E-state index is 0.0303. The highest BCUT2D eigenvalue weighted by molar-refractivity contribution is 9.10. The molecule has 0 bridgehead atoms. The summed E-state index contributed by atoms with van der Waals surface area (Å²) in [6, 6.07) is 5.15. The molecule has 3 heterocycles. The number of hydrogen-bond acceptors (Lipinski definition) is 9. The first-order chi connectivity index (χ1) is 19.3. The number of carbonyl (C=O) groups is 3. The number of carbonyl (C=O) groups excluding carboxylic acids is 2. The smallest absolute Gasteiger partial charge is 0.407 e. The lowest BCUT2D eigenvalue weighted by atomic mass is 10.0. The summed E-state index contributed by atoms with van der Waals surface area (Å²) < 4.78 is 16.7. The fourth-order valence-corrected chi connectivity index (χ4v) is 5.72. The van der Waals surface area contributed by atoms with Crippen molar-refractivity contribution in [3.63, 3.8) is 0 Å². The van der Waals surface area contributed by atoms with Crippen LogP contribution < -0.4 is 19.7 Å². The van der Waals surface area contributed by atoms with E-state index in [-0.39, 0.29) is 29.8 Å². The van der Waals surface area contributed by atoms with Crippen LogP contribution >= 0.6 is 27.5 Å². The molecule has 1 saturated heterocycles. The molecule has 0 spiro atoms. The van der Waals surface area contributed by atoms with Gasteiger partial charge in [-0.15, -0.1) is 0 Å². The molecule has 13 heteroatoms. The van der Waals surface area contributed by atoms with Crippen LogP contribution in [0, 0.1) is 0 Å². The monoisotopic (exact) mass is 650 g/mol. The van der Waals surface area contributed by atoms with E-state index in [2.05, 4.69) is 26.2 Å². The number of carboxylic acids is 1. The molecule has 2 aromatic rings. The van der Waals surface area contributed by atoms with E-state index in [0.29, 0.717) is 46.9 Å². The van der Waals surface area contributed by atoms with Crippen molar-refractivity contribution in [2.45, 2.75) is 51.9 Å². The van der Waals surface area contributed by atoms with Crippen molar-refractivity contribution in [1.29, 1.82) is 0 Å². The highest BCUT2D eigenvalue weighted by atomic mass is 79.9. The number of amides is 1. The summed E-state index contributed by atoms with van der Waals surface area (Å²) >= 11 is 10.2. The SMILES string of the molecule is COc1ccc(CN2C=C(C(=O)O)C(=O)c3c(Cl)nc(N4CCC(NC(=O)OC(C)(C)C)C4)c(Br)c3C2)c(OC)c1. The first-order valence-corrected chi connectivity index (χ1v) is 14.1. The number of nitrogens with zero attached hydrogens (tertiary/aromatic N) is 3. The molecular formula is C28H32BrClN4O7. The molecule has 220 valence electrons. The maximum Gasteiger partial charge on any atom is 0.407 e. The van der Waals surface area contributed by atoms with Gasteiger partial charge in [0, 0.05) is 49.6 Å². The maximum atomic E-state index is 13.4. The van der Waals surface area contributed by atoms with Crippen molar-refractivity contribution in [1.82, 2.24) is 15.2 Å². The zero-order valence-corrected chi connectivity index (χ0v) is 25.8. The molecule has 1 atom stereocenters. The van der Waals surface area contributed by atoms with Crippen LogP contribution in [0.4, 0.5) is 10.6 Å². The first-order valence-electron chi connectivity index (χ1n) is 12.9. The third kappa shape index (κ3) is 6.87. The topological polar surface area (TPSA) is 131 Å². The Kier molecular flexibility index (Phi) is 9.03. The molecule has 2 aliphatic rings. The molecule has 4 rings (SSSR count). The van der Waals surface area contributed by atoms with Gasteiger partial charge in [-0.25, -0.2) is 14.6 Å². The highest BCUT2D eigenvalue weighted by Gasteiger charge is 2.35. The molecule has 0 radical (unpaired) electrons. The molecule has 41 heavy (non-hydrogen) atoms. The van der Waals surface area contributed by atoms with Gasteiger partial charge in [-0.3, -0.25) is 4.79 Å².